The van der Waals surface area contributed by atoms with Crippen molar-refractivity contribution in [3.8, 4) is 0 Å². The number of aryl methyl sites for hydroxylation is 2. The maximum Gasteiger partial charge on any atom is 0.241 e. The second-order valence-electron chi connectivity index (χ2n) is 10.3. The molecule has 0 unspecified atom stereocenters. The molecule has 4 nitrogen and oxygen atoms in total. The Labute approximate surface area is 244 Å². The Hall–Kier alpha value is -3.48. The lowest BCUT2D eigenvalue weighted by Gasteiger charge is -2.24. The lowest BCUT2D eigenvalue weighted by Crippen LogP contribution is -2.30. The molecular weight excluding hydrogens is 533 g/mol. The van der Waals surface area contributed by atoms with Gasteiger partial charge in [0.25, 0.3) is 0 Å². The number of hydrogen-bond acceptors (Lipinski definition) is 4. The Morgan fingerprint density at radius 1 is 0.525 bits per heavy atom. The highest BCUT2D eigenvalue weighted by Crippen LogP contribution is 2.46. The van der Waals surface area contributed by atoms with Gasteiger partial charge in [-0.15, -0.1) is 23.5 Å². The normalized spacial score (nSPS) is 22.8. The fourth-order valence-electron chi connectivity index (χ4n) is 5.40. The first-order valence-electron chi connectivity index (χ1n) is 13.7. The SMILES string of the molecule is C[C@@H]1S[C@@H](c2ccccc2)N(c2ccc(CCc3ccc(N4C(=O)[C@H](C)S[C@H]4c4ccccc4)cc3)cc2)C1=O. The maximum atomic E-state index is 13.0. The molecule has 0 saturated carbocycles. The molecule has 4 aromatic rings. The highest BCUT2D eigenvalue weighted by Gasteiger charge is 2.40. The van der Waals surface area contributed by atoms with Crippen LogP contribution in [-0.2, 0) is 22.4 Å². The summed E-state index contributed by atoms with van der Waals surface area (Å²) in [5.74, 6) is 0.316. The van der Waals surface area contributed by atoms with Crippen LogP contribution in [0.5, 0.6) is 0 Å². The highest BCUT2D eigenvalue weighted by molar-refractivity contribution is 8.01. The molecule has 2 aliphatic rings. The van der Waals surface area contributed by atoms with Gasteiger partial charge < -0.3 is 0 Å². The average molecular weight is 565 g/mol. The van der Waals surface area contributed by atoms with E-state index in [1.807, 2.05) is 60.0 Å². The molecule has 2 aliphatic heterocycles. The number of carbonyl (C=O) groups excluding carboxylic acids is 2. The van der Waals surface area contributed by atoms with Gasteiger partial charge in [-0.25, -0.2) is 0 Å². The highest BCUT2D eigenvalue weighted by atomic mass is 32.2. The van der Waals surface area contributed by atoms with E-state index < -0.39 is 0 Å². The first-order valence-corrected chi connectivity index (χ1v) is 15.6. The molecule has 4 atom stereocenters. The molecule has 0 aliphatic carbocycles. The van der Waals surface area contributed by atoms with Gasteiger partial charge in [-0.05, 0) is 73.2 Å². The molecule has 0 radical (unpaired) electrons. The summed E-state index contributed by atoms with van der Waals surface area (Å²) in [4.78, 5) is 29.9. The van der Waals surface area contributed by atoms with Crippen molar-refractivity contribution in [2.45, 2.75) is 47.9 Å². The van der Waals surface area contributed by atoms with Gasteiger partial charge in [0, 0.05) is 11.4 Å². The Balaban J connectivity index is 1.12. The van der Waals surface area contributed by atoms with E-state index in [-0.39, 0.29) is 33.1 Å². The number of nitrogens with zero attached hydrogens (tertiary/aromatic N) is 2. The fraction of sp³-hybridized carbons (Fsp3) is 0.235. The molecule has 4 aromatic carbocycles. The van der Waals surface area contributed by atoms with Gasteiger partial charge in [0.2, 0.25) is 11.8 Å². The molecule has 0 aromatic heterocycles. The molecule has 40 heavy (non-hydrogen) atoms. The van der Waals surface area contributed by atoms with E-state index in [0.29, 0.717) is 0 Å². The number of rotatable bonds is 7. The van der Waals surface area contributed by atoms with Crippen LogP contribution in [0.2, 0.25) is 0 Å². The topological polar surface area (TPSA) is 40.6 Å². The molecule has 2 fully saturated rings. The number of amides is 2. The molecule has 0 spiro atoms. The lowest BCUT2D eigenvalue weighted by molar-refractivity contribution is -0.118. The number of carbonyl (C=O) groups is 2. The van der Waals surface area contributed by atoms with E-state index >= 15 is 0 Å². The minimum atomic E-state index is -0.0616. The molecule has 0 N–H and O–H groups in total. The van der Waals surface area contributed by atoms with Crippen LogP contribution < -0.4 is 9.80 Å². The summed E-state index contributed by atoms with van der Waals surface area (Å²) >= 11 is 3.40. The van der Waals surface area contributed by atoms with E-state index in [4.69, 9.17) is 0 Å². The van der Waals surface area contributed by atoms with Crippen molar-refractivity contribution in [2.24, 2.45) is 0 Å². The third-order valence-electron chi connectivity index (χ3n) is 7.61. The summed E-state index contributed by atoms with van der Waals surface area (Å²) in [7, 11) is 0. The zero-order valence-electron chi connectivity index (χ0n) is 22.6. The number of benzene rings is 4. The van der Waals surface area contributed by atoms with Gasteiger partial charge in [0.05, 0.1) is 10.5 Å². The molecule has 6 heteroatoms. The van der Waals surface area contributed by atoms with Gasteiger partial charge >= 0.3 is 0 Å². The summed E-state index contributed by atoms with van der Waals surface area (Å²) in [6.45, 7) is 3.98. The smallest absolute Gasteiger partial charge is 0.241 e. The predicted molar refractivity (Wildman–Crippen MR) is 168 cm³/mol. The van der Waals surface area contributed by atoms with Crippen LogP contribution >= 0.6 is 23.5 Å². The van der Waals surface area contributed by atoms with Gasteiger partial charge in [-0.2, -0.15) is 0 Å². The predicted octanol–water partition coefficient (Wildman–Crippen LogP) is 7.81. The van der Waals surface area contributed by atoms with Gasteiger partial charge in [-0.1, -0.05) is 84.9 Å². The molecule has 0 bridgehead atoms. The summed E-state index contributed by atoms with van der Waals surface area (Å²) in [5, 5.41) is -0.126. The van der Waals surface area contributed by atoms with E-state index in [9.17, 15) is 9.59 Å². The monoisotopic (exact) mass is 564 g/mol. The van der Waals surface area contributed by atoms with Crippen LogP contribution in [0.4, 0.5) is 11.4 Å². The second kappa shape index (κ2) is 11.6. The maximum absolute atomic E-state index is 13.0. The van der Waals surface area contributed by atoms with E-state index in [0.717, 1.165) is 35.3 Å². The van der Waals surface area contributed by atoms with Crippen LogP contribution in [0.3, 0.4) is 0 Å². The zero-order valence-corrected chi connectivity index (χ0v) is 24.3. The number of hydrogen-bond donors (Lipinski definition) is 0. The Morgan fingerprint density at radius 3 is 1.23 bits per heavy atom. The number of anilines is 2. The fourth-order valence-corrected chi connectivity index (χ4v) is 7.96. The Kier molecular flexibility index (Phi) is 7.72. The summed E-state index contributed by atoms with van der Waals surface area (Å²) < 4.78 is 0. The average Bonchev–Trinajstić information content (AvgIpc) is 3.47. The zero-order chi connectivity index (χ0) is 27.6. The molecule has 202 valence electrons. The van der Waals surface area contributed by atoms with Gasteiger partial charge in [-0.3, -0.25) is 19.4 Å². The summed E-state index contributed by atoms with van der Waals surface area (Å²) in [6, 6.07) is 37.4. The van der Waals surface area contributed by atoms with Crippen LogP contribution in [0.15, 0.2) is 109 Å². The first kappa shape index (κ1) is 26.7. The largest absolute Gasteiger partial charge is 0.295 e. The minimum absolute atomic E-state index is 0.00145. The van der Waals surface area contributed by atoms with Gasteiger partial charge in [0.1, 0.15) is 10.7 Å². The quantitative estimate of drug-likeness (QED) is 0.230. The van der Waals surface area contributed by atoms with E-state index in [1.54, 1.807) is 23.5 Å². The van der Waals surface area contributed by atoms with Crippen molar-refractivity contribution in [1.29, 1.82) is 0 Å². The first-order chi connectivity index (χ1) is 19.5. The lowest BCUT2D eigenvalue weighted by atomic mass is 10.0. The van der Waals surface area contributed by atoms with Crippen molar-refractivity contribution >= 4 is 46.7 Å². The van der Waals surface area contributed by atoms with Crippen LogP contribution in [0, 0.1) is 0 Å². The third kappa shape index (κ3) is 5.30. The van der Waals surface area contributed by atoms with E-state index in [2.05, 4.69) is 72.8 Å². The van der Waals surface area contributed by atoms with Crippen molar-refractivity contribution in [2.75, 3.05) is 9.80 Å². The third-order valence-corrected chi connectivity index (χ3v) is 10.3. The van der Waals surface area contributed by atoms with Crippen LogP contribution in [0.1, 0.15) is 46.8 Å². The van der Waals surface area contributed by atoms with Gasteiger partial charge in [0.15, 0.2) is 0 Å². The molecule has 2 heterocycles. The van der Waals surface area contributed by atoms with Crippen LogP contribution in [0.25, 0.3) is 0 Å². The molecular formula is C34H32N2O2S2. The molecule has 6 rings (SSSR count). The van der Waals surface area contributed by atoms with Crippen molar-refractivity contribution in [1.82, 2.24) is 0 Å². The summed E-state index contributed by atoms with van der Waals surface area (Å²) in [6.07, 6.45) is 1.81. The van der Waals surface area contributed by atoms with E-state index in [1.165, 1.54) is 11.1 Å². The van der Waals surface area contributed by atoms with Crippen molar-refractivity contribution < 1.29 is 9.59 Å². The number of thioether (sulfide) groups is 2. The minimum Gasteiger partial charge on any atom is -0.295 e. The standard InChI is InChI=1S/C34H32N2O2S2/c1-23-31(37)35(33(39-23)27-9-5-3-6-10-27)29-19-15-25(16-20-29)13-14-26-17-21-30(22-18-26)36-32(38)24(2)40-34(36)28-11-7-4-8-12-28/h3-12,15-24,33-34H,13-14H2,1-2H3/t23-,24-,33-,34-/m0/s1. The Bertz CT molecular complexity index is 1360. The second-order valence-corrected chi connectivity index (χ2v) is 13.2. The van der Waals surface area contributed by atoms with Crippen LogP contribution in [-0.4, -0.2) is 22.3 Å². The van der Waals surface area contributed by atoms with Crippen molar-refractivity contribution in [3.63, 3.8) is 0 Å². The summed E-state index contributed by atoms with van der Waals surface area (Å²) in [5.41, 5.74) is 6.66. The van der Waals surface area contributed by atoms with Crippen molar-refractivity contribution in [3.05, 3.63) is 131 Å². The molecule has 2 saturated heterocycles. The Morgan fingerprint density at radius 2 is 0.875 bits per heavy atom. The molecule has 2 amide bonds.